The van der Waals surface area contributed by atoms with E-state index in [-0.39, 0.29) is 17.8 Å². The van der Waals surface area contributed by atoms with Crippen molar-refractivity contribution in [1.82, 2.24) is 18.9 Å². The van der Waals surface area contributed by atoms with Crippen LogP contribution >= 0.6 is 15.9 Å². The molecule has 21 heavy (non-hydrogen) atoms. The lowest BCUT2D eigenvalue weighted by atomic mass is 10.3. The quantitative estimate of drug-likeness (QED) is 0.819. The first-order valence-electron chi connectivity index (χ1n) is 7.07. The Morgan fingerprint density at radius 1 is 1.19 bits per heavy atom. The zero-order valence-corrected chi connectivity index (χ0v) is 14.1. The molecule has 2 rings (SSSR count). The third-order valence-electron chi connectivity index (χ3n) is 3.48. The minimum atomic E-state index is -0.293. The molecule has 0 unspecified atom stereocenters. The Bertz CT molecular complexity index is 757. The van der Waals surface area contributed by atoms with Crippen LogP contribution in [0.5, 0.6) is 0 Å². The van der Waals surface area contributed by atoms with E-state index >= 15 is 0 Å². The second-order valence-electron chi connectivity index (χ2n) is 4.69. The SMILES string of the molecule is CCc1nn(CC)c(Cn2c(=O)ccn(CC)c2=O)c1Br. The molecular formula is C14H19BrN4O2. The average molecular weight is 355 g/mol. The molecule has 0 amide bonds. The summed E-state index contributed by atoms with van der Waals surface area (Å²) in [5, 5.41) is 4.49. The van der Waals surface area contributed by atoms with E-state index < -0.39 is 0 Å². The van der Waals surface area contributed by atoms with Gasteiger partial charge in [0.05, 0.1) is 22.4 Å². The third-order valence-corrected chi connectivity index (χ3v) is 4.40. The monoisotopic (exact) mass is 354 g/mol. The molecule has 114 valence electrons. The Hall–Kier alpha value is -1.63. The van der Waals surface area contributed by atoms with Crippen LogP contribution in [0.4, 0.5) is 0 Å². The minimum absolute atomic E-state index is 0.222. The number of hydrogen-bond donors (Lipinski definition) is 0. The standard InChI is InChI=1S/C14H19BrN4O2/c1-4-10-13(15)11(19(6-3)16-10)9-18-12(20)7-8-17(5-2)14(18)21/h7-8H,4-6,9H2,1-3H3. The molecule has 0 aliphatic heterocycles. The molecule has 0 aliphatic rings. The van der Waals surface area contributed by atoms with E-state index in [1.807, 2.05) is 25.5 Å². The van der Waals surface area contributed by atoms with Crippen molar-refractivity contribution in [1.29, 1.82) is 0 Å². The third kappa shape index (κ3) is 2.88. The molecule has 6 nitrogen and oxygen atoms in total. The molecule has 0 spiro atoms. The smallest absolute Gasteiger partial charge is 0.301 e. The van der Waals surface area contributed by atoms with Gasteiger partial charge in [0.15, 0.2) is 0 Å². The summed E-state index contributed by atoms with van der Waals surface area (Å²) in [6, 6.07) is 1.42. The van der Waals surface area contributed by atoms with Gasteiger partial charge in [0, 0.05) is 25.4 Å². The van der Waals surface area contributed by atoms with Gasteiger partial charge in [0.1, 0.15) is 0 Å². The van der Waals surface area contributed by atoms with Gasteiger partial charge in [-0.05, 0) is 36.2 Å². The lowest BCUT2D eigenvalue weighted by Crippen LogP contribution is -2.39. The van der Waals surface area contributed by atoms with Gasteiger partial charge in [-0.15, -0.1) is 0 Å². The highest BCUT2D eigenvalue weighted by Gasteiger charge is 2.16. The first-order chi connectivity index (χ1) is 10.0. The van der Waals surface area contributed by atoms with Gasteiger partial charge >= 0.3 is 5.69 Å². The molecule has 0 radical (unpaired) electrons. The molecule has 0 aromatic carbocycles. The van der Waals surface area contributed by atoms with Gasteiger partial charge < -0.3 is 4.57 Å². The molecule has 7 heteroatoms. The van der Waals surface area contributed by atoms with Gasteiger partial charge in [-0.1, -0.05) is 6.92 Å². The van der Waals surface area contributed by atoms with E-state index in [9.17, 15) is 9.59 Å². The van der Waals surface area contributed by atoms with E-state index in [2.05, 4.69) is 21.0 Å². The fourth-order valence-corrected chi connectivity index (χ4v) is 2.95. The van der Waals surface area contributed by atoms with Crippen molar-refractivity contribution in [2.45, 2.75) is 46.8 Å². The number of aromatic nitrogens is 4. The van der Waals surface area contributed by atoms with E-state index in [4.69, 9.17) is 0 Å². The number of hydrogen-bond acceptors (Lipinski definition) is 3. The van der Waals surface area contributed by atoms with Gasteiger partial charge in [-0.25, -0.2) is 4.79 Å². The Balaban J connectivity index is 2.55. The van der Waals surface area contributed by atoms with Gasteiger partial charge in [-0.2, -0.15) is 5.10 Å². The summed E-state index contributed by atoms with van der Waals surface area (Å²) in [5.74, 6) is 0. The van der Waals surface area contributed by atoms with E-state index in [1.165, 1.54) is 21.4 Å². The Labute approximate surface area is 131 Å². The topological polar surface area (TPSA) is 61.8 Å². The molecule has 0 saturated heterocycles. The van der Waals surface area contributed by atoms with Gasteiger partial charge in [0.25, 0.3) is 5.56 Å². The molecule has 0 aliphatic carbocycles. The average Bonchev–Trinajstić information content (AvgIpc) is 2.79. The van der Waals surface area contributed by atoms with Crippen LogP contribution < -0.4 is 11.2 Å². The second kappa shape index (κ2) is 6.43. The van der Waals surface area contributed by atoms with Crippen molar-refractivity contribution < 1.29 is 0 Å². The van der Waals surface area contributed by atoms with Crippen LogP contribution in [0.25, 0.3) is 0 Å². The van der Waals surface area contributed by atoms with Gasteiger partial charge in [-0.3, -0.25) is 14.0 Å². The maximum atomic E-state index is 12.3. The molecule has 2 aromatic heterocycles. The van der Waals surface area contributed by atoms with Crippen LogP contribution in [0.1, 0.15) is 32.2 Å². The first-order valence-corrected chi connectivity index (χ1v) is 7.87. The molecule has 2 aromatic rings. The normalized spacial score (nSPS) is 11.0. The first kappa shape index (κ1) is 15.8. The lowest BCUT2D eigenvalue weighted by Gasteiger charge is -2.10. The fourth-order valence-electron chi connectivity index (χ4n) is 2.26. The second-order valence-corrected chi connectivity index (χ2v) is 5.48. The fraction of sp³-hybridized carbons (Fsp3) is 0.500. The summed E-state index contributed by atoms with van der Waals surface area (Å²) in [5.41, 5.74) is 1.20. The van der Waals surface area contributed by atoms with E-state index in [0.717, 1.165) is 22.3 Å². The minimum Gasteiger partial charge on any atom is -0.301 e. The zero-order chi connectivity index (χ0) is 15.6. The van der Waals surface area contributed by atoms with Gasteiger partial charge in [0.2, 0.25) is 0 Å². The molecule has 0 saturated carbocycles. The number of nitrogens with zero attached hydrogens (tertiary/aromatic N) is 4. The van der Waals surface area contributed by atoms with Crippen LogP contribution in [-0.4, -0.2) is 18.9 Å². The van der Waals surface area contributed by atoms with E-state index in [0.29, 0.717) is 13.1 Å². The summed E-state index contributed by atoms with van der Waals surface area (Å²) < 4.78 is 5.47. The van der Waals surface area contributed by atoms with E-state index in [1.54, 1.807) is 0 Å². The van der Waals surface area contributed by atoms with Crippen LogP contribution in [0.15, 0.2) is 26.3 Å². The van der Waals surface area contributed by atoms with Crippen molar-refractivity contribution in [2.24, 2.45) is 0 Å². The maximum Gasteiger partial charge on any atom is 0.331 e. The molecule has 2 heterocycles. The van der Waals surface area contributed by atoms with Crippen molar-refractivity contribution in [2.75, 3.05) is 0 Å². The van der Waals surface area contributed by atoms with Crippen molar-refractivity contribution >= 4 is 15.9 Å². The van der Waals surface area contributed by atoms with Crippen molar-refractivity contribution in [3.8, 4) is 0 Å². The summed E-state index contributed by atoms with van der Waals surface area (Å²) in [4.78, 5) is 24.3. The molecule has 0 bridgehead atoms. The molecule has 0 fully saturated rings. The summed E-state index contributed by atoms with van der Waals surface area (Å²) in [7, 11) is 0. The molecule has 0 N–H and O–H groups in total. The van der Waals surface area contributed by atoms with Crippen molar-refractivity contribution in [3.63, 3.8) is 0 Å². The molecule has 0 atom stereocenters. The number of aryl methyl sites for hydroxylation is 3. The van der Waals surface area contributed by atoms with Crippen LogP contribution in [0.2, 0.25) is 0 Å². The van der Waals surface area contributed by atoms with Crippen LogP contribution in [0, 0.1) is 0 Å². The Morgan fingerprint density at radius 2 is 1.90 bits per heavy atom. The highest BCUT2D eigenvalue weighted by molar-refractivity contribution is 9.10. The molecular weight excluding hydrogens is 336 g/mol. The summed E-state index contributed by atoms with van der Waals surface area (Å²) in [6.45, 7) is 7.33. The zero-order valence-electron chi connectivity index (χ0n) is 12.5. The highest BCUT2D eigenvalue weighted by atomic mass is 79.9. The number of rotatable bonds is 5. The largest absolute Gasteiger partial charge is 0.331 e. The Kier molecular flexibility index (Phi) is 4.82. The predicted octanol–water partition coefficient (Wildman–Crippen LogP) is 1.62. The Morgan fingerprint density at radius 3 is 2.48 bits per heavy atom. The highest BCUT2D eigenvalue weighted by Crippen LogP contribution is 2.22. The lowest BCUT2D eigenvalue weighted by molar-refractivity contribution is 0.552. The number of halogens is 1. The predicted molar refractivity (Wildman–Crippen MR) is 84.7 cm³/mol. The summed E-state index contributed by atoms with van der Waals surface area (Å²) in [6.07, 6.45) is 2.33. The van der Waals surface area contributed by atoms with Crippen molar-refractivity contribution in [3.05, 3.63) is 49.0 Å². The summed E-state index contributed by atoms with van der Waals surface area (Å²) >= 11 is 3.54. The maximum absolute atomic E-state index is 12.3. The van der Waals surface area contributed by atoms with Crippen LogP contribution in [0.3, 0.4) is 0 Å². The van der Waals surface area contributed by atoms with Crippen LogP contribution in [-0.2, 0) is 26.1 Å².